The van der Waals surface area contributed by atoms with Crippen LogP contribution in [0.5, 0.6) is 0 Å². The van der Waals surface area contributed by atoms with Gasteiger partial charge >= 0.3 is 26.2 Å². The minimum atomic E-state index is 0. The Kier molecular flexibility index (Phi) is 11.4. The van der Waals surface area contributed by atoms with Gasteiger partial charge in [0.1, 0.15) is 0 Å². The molecule has 0 amide bonds. The standard InChI is InChI=1S/2C6H7.ClH.Zr/c2*1-6-4-2-3-5-6;;/h2*2,4H,3H2,1H3;1H;/q2*-1;;+2. The second-order valence-electron chi connectivity index (χ2n) is 2.93. The molecule has 0 aromatic rings. The summed E-state index contributed by atoms with van der Waals surface area (Å²) in [5.41, 5.74) is 2.55. The molecule has 0 aliphatic heterocycles. The van der Waals surface area contributed by atoms with Gasteiger partial charge in [0, 0.05) is 0 Å². The molecule has 14 heavy (non-hydrogen) atoms. The van der Waals surface area contributed by atoms with Crippen LogP contribution in [0.4, 0.5) is 0 Å². The Morgan fingerprint density at radius 2 is 1.29 bits per heavy atom. The van der Waals surface area contributed by atoms with E-state index in [1.165, 1.54) is 11.1 Å². The van der Waals surface area contributed by atoms with Crippen LogP contribution in [-0.4, -0.2) is 0 Å². The van der Waals surface area contributed by atoms with Crippen molar-refractivity contribution in [3.05, 3.63) is 47.6 Å². The molecule has 0 saturated heterocycles. The van der Waals surface area contributed by atoms with E-state index < -0.39 is 0 Å². The SMILES string of the molecule is CC1=[C-]CC=C1.CC1=[C-]CC=C1.Cl.[Zr+2]. The fourth-order valence-corrected chi connectivity index (χ4v) is 1.03. The Balaban J connectivity index is 0. The third-order valence-electron chi connectivity index (χ3n) is 1.73. The van der Waals surface area contributed by atoms with Gasteiger partial charge in [-0.2, -0.15) is 12.2 Å². The first-order valence-corrected chi connectivity index (χ1v) is 4.27. The minimum absolute atomic E-state index is 0. The van der Waals surface area contributed by atoms with Crippen LogP contribution < -0.4 is 0 Å². The predicted octanol–water partition coefficient (Wildman–Crippen LogP) is 3.81. The maximum absolute atomic E-state index is 3.12. The second-order valence-corrected chi connectivity index (χ2v) is 2.93. The zero-order valence-electron chi connectivity index (χ0n) is 8.63. The summed E-state index contributed by atoms with van der Waals surface area (Å²) in [6.45, 7) is 4.12. The molecule has 0 bridgehead atoms. The van der Waals surface area contributed by atoms with Gasteiger partial charge in [-0.3, -0.25) is 12.2 Å². The summed E-state index contributed by atoms with van der Waals surface area (Å²) in [5, 5.41) is 0. The van der Waals surface area contributed by atoms with Crippen LogP contribution in [0.15, 0.2) is 35.5 Å². The number of halogens is 1. The first-order valence-electron chi connectivity index (χ1n) is 4.27. The van der Waals surface area contributed by atoms with Crippen molar-refractivity contribution in [1.29, 1.82) is 0 Å². The van der Waals surface area contributed by atoms with Crippen LogP contribution in [0, 0.1) is 12.2 Å². The molecule has 2 heteroatoms. The van der Waals surface area contributed by atoms with Gasteiger partial charge in [0.25, 0.3) is 0 Å². The summed E-state index contributed by atoms with van der Waals surface area (Å²) in [4.78, 5) is 0. The Morgan fingerprint density at radius 1 is 0.929 bits per heavy atom. The third kappa shape index (κ3) is 7.53. The van der Waals surface area contributed by atoms with Crippen LogP contribution in [0.2, 0.25) is 0 Å². The van der Waals surface area contributed by atoms with Crippen molar-refractivity contribution in [3.8, 4) is 0 Å². The van der Waals surface area contributed by atoms with Gasteiger partial charge in [-0.25, -0.2) is 23.3 Å². The van der Waals surface area contributed by atoms with E-state index in [9.17, 15) is 0 Å². The average Bonchev–Trinajstić information content (AvgIpc) is 2.63. The molecule has 0 fully saturated rings. The molecule has 2 aliphatic rings. The molecule has 0 saturated carbocycles. The monoisotopic (exact) mass is 284 g/mol. The Labute approximate surface area is 112 Å². The first-order chi connectivity index (χ1) is 5.79. The van der Waals surface area contributed by atoms with Crippen LogP contribution in [0.25, 0.3) is 0 Å². The zero-order valence-corrected chi connectivity index (χ0v) is 11.9. The van der Waals surface area contributed by atoms with Gasteiger partial charge in [0.2, 0.25) is 0 Å². The summed E-state index contributed by atoms with van der Waals surface area (Å²) in [7, 11) is 0. The number of rotatable bonds is 0. The van der Waals surface area contributed by atoms with Gasteiger partial charge in [-0.15, -0.1) is 25.2 Å². The van der Waals surface area contributed by atoms with Gasteiger partial charge in [-0.05, 0) is 0 Å². The number of allylic oxidation sites excluding steroid dienone is 8. The molecule has 0 N–H and O–H groups in total. The van der Waals surface area contributed by atoms with Crippen molar-refractivity contribution in [2.24, 2.45) is 0 Å². The molecule has 0 spiro atoms. The van der Waals surface area contributed by atoms with Crippen LogP contribution in [-0.2, 0) is 26.2 Å². The van der Waals surface area contributed by atoms with E-state index in [4.69, 9.17) is 0 Å². The molecule has 2 rings (SSSR count). The molecule has 2 aliphatic carbocycles. The Hall–Kier alpha value is 0.133. The summed E-state index contributed by atoms with van der Waals surface area (Å²) >= 11 is 0. The molecule has 74 valence electrons. The predicted molar refractivity (Wildman–Crippen MR) is 59.6 cm³/mol. The average molecular weight is 286 g/mol. The zero-order chi connectivity index (χ0) is 8.81. The topological polar surface area (TPSA) is 0 Å². The Morgan fingerprint density at radius 3 is 1.36 bits per heavy atom. The normalized spacial score (nSPS) is 15.9. The quantitative estimate of drug-likeness (QED) is 0.594. The van der Waals surface area contributed by atoms with E-state index in [1.54, 1.807) is 0 Å². The Bertz CT molecular complexity index is 226. The van der Waals surface area contributed by atoms with Crippen LogP contribution >= 0.6 is 12.4 Å². The summed E-state index contributed by atoms with van der Waals surface area (Å²) in [6.07, 6.45) is 16.7. The van der Waals surface area contributed by atoms with Crippen molar-refractivity contribution < 1.29 is 26.2 Å². The fraction of sp³-hybridized carbons (Fsp3) is 0.333. The second kappa shape index (κ2) is 9.68. The fourth-order valence-electron chi connectivity index (χ4n) is 1.03. The summed E-state index contributed by atoms with van der Waals surface area (Å²) in [6, 6.07) is 0. The molecule has 0 atom stereocenters. The van der Waals surface area contributed by atoms with E-state index in [0.717, 1.165) is 12.8 Å². The molecule has 0 unspecified atom stereocenters. The van der Waals surface area contributed by atoms with Gasteiger partial charge in [0.15, 0.2) is 0 Å². The van der Waals surface area contributed by atoms with Crippen molar-refractivity contribution in [1.82, 2.24) is 0 Å². The first kappa shape index (κ1) is 16.6. The smallest absolute Gasteiger partial charge is 0.270 e. The number of hydrogen-bond acceptors (Lipinski definition) is 0. The van der Waals surface area contributed by atoms with Crippen molar-refractivity contribution >= 4 is 12.4 Å². The molecule has 0 heterocycles. The van der Waals surface area contributed by atoms with Gasteiger partial charge in [-0.1, -0.05) is 13.8 Å². The maximum Gasteiger partial charge on any atom is 2.00 e. The van der Waals surface area contributed by atoms with E-state index in [-0.39, 0.29) is 38.6 Å². The van der Waals surface area contributed by atoms with Crippen molar-refractivity contribution in [3.63, 3.8) is 0 Å². The van der Waals surface area contributed by atoms with Gasteiger partial charge in [0.05, 0.1) is 0 Å². The van der Waals surface area contributed by atoms with Gasteiger partial charge < -0.3 is 0 Å². The van der Waals surface area contributed by atoms with E-state index in [2.05, 4.69) is 50.3 Å². The molecular formula is C12H15ClZr. The van der Waals surface area contributed by atoms with Crippen molar-refractivity contribution in [2.45, 2.75) is 26.7 Å². The summed E-state index contributed by atoms with van der Waals surface area (Å²) < 4.78 is 0. The third-order valence-corrected chi connectivity index (χ3v) is 1.73. The molecule has 0 aromatic carbocycles. The molecule has 0 nitrogen and oxygen atoms in total. The maximum atomic E-state index is 3.12. The molecule has 0 radical (unpaired) electrons. The van der Waals surface area contributed by atoms with E-state index in [1.807, 2.05) is 0 Å². The van der Waals surface area contributed by atoms with E-state index in [0.29, 0.717) is 0 Å². The number of hydrogen-bond donors (Lipinski definition) is 0. The van der Waals surface area contributed by atoms with Crippen LogP contribution in [0.1, 0.15) is 26.7 Å². The van der Waals surface area contributed by atoms with Crippen molar-refractivity contribution in [2.75, 3.05) is 0 Å². The van der Waals surface area contributed by atoms with E-state index >= 15 is 0 Å². The minimum Gasteiger partial charge on any atom is -0.270 e. The molecular weight excluding hydrogens is 271 g/mol. The largest absolute Gasteiger partial charge is 2.00 e. The summed E-state index contributed by atoms with van der Waals surface area (Å²) in [5.74, 6) is 0. The molecule has 0 aromatic heterocycles. The van der Waals surface area contributed by atoms with Crippen LogP contribution in [0.3, 0.4) is 0 Å².